The summed E-state index contributed by atoms with van der Waals surface area (Å²) in [5.74, 6) is 2.29. The van der Waals surface area contributed by atoms with Crippen molar-refractivity contribution in [1.82, 2.24) is 16.0 Å². The lowest BCUT2D eigenvalue weighted by Crippen LogP contribution is -2.43. The van der Waals surface area contributed by atoms with Gasteiger partial charge in [0.15, 0.2) is 17.5 Å². The molecule has 0 bridgehead atoms. The van der Waals surface area contributed by atoms with E-state index in [1.165, 1.54) is 12.8 Å². The predicted octanol–water partition coefficient (Wildman–Crippen LogP) is 3.23. The molecule has 1 aromatic rings. The highest BCUT2D eigenvalue weighted by atomic mass is 16.5. The van der Waals surface area contributed by atoms with E-state index in [4.69, 9.17) is 14.5 Å². The lowest BCUT2D eigenvalue weighted by Gasteiger charge is -2.19. The Morgan fingerprint density at radius 1 is 1.13 bits per heavy atom. The van der Waals surface area contributed by atoms with Crippen molar-refractivity contribution in [2.75, 3.05) is 26.7 Å². The third-order valence-corrected chi connectivity index (χ3v) is 5.00. The molecule has 0 spiro atoms. The molecule has 0 aliphatic heterocycles. The second-order valence-electron chi connectivity index (χ2n) is 8.60. The summed E-state index contributed by atoms with van der Waals surface area (Å²) < 4.78 is 11.8. The molecule has 1 aliphatic rings. The van der Waals surface area contributed by atoms with Gasteiger partial charge in [-0.2, -0.15) is 0 Å². The van der Waals surface area contributed by atoms with Gasteiger partial charge in [-0.1, -0.05) is 32.9 Å². The van der Waals surface area contributed by atoms with Crippen LogP contribution in [-0.2, 0) is 11.3 Å². The van der Waals surface area contributed by atoms with E-state index in [9.17, 15) is 4.79 Å². The molecule has 1 amide bonds. The number of amides is 1. The fraction of sp³-hybridized carbons (Fsp3) is 0.652. The Labute approximate surface area is 181 Å². The number of carbonyl (C=O) groups excluding carboxylic acids is 1. The third-order valence-electron chi connectivity index (χ3n) is 5.00. The molecule has 0 saturated heterocycles. The van der Waals surface area contributed by atoms with Gasteiger partial charge in [-0.05, 0) is 38.7 Å². The molecule has 7 nitrogen and oxygen atoms in total. The predicted molar refractivity (Wildman–Crippen MR) is 121 cm³/mol. The van der Waals surface area contributed by atoms with Gasteiger partial charge in [0.05, 0.1) is 19.8 Å². The molecule has 1 aromatic carbocycles. The fourth-order valence-electron chi connectivity index (χ4n) is 3.28. The van der Waals surface area contributed by atoms with Crippen LogP contribution in [-0.4, -0.2) is 44.7 Å². The minimum atomic E-state index is -0.388. The number of nitrogens with zero attached hydrogens (tertiary/aromatic N) is 1. The number of methoxy groups -OCH3 is 1. The molecule has 2 rings (SSSR count). The van der Waals surface area contributed by atoms with Gasteiger partial charge in [0.1, 0.15) is 0 Å². The topological polar surface area (TPSA) is 84.0 Å². The van der Waals surface area contributed by atoms with Gasteiger partial charge in [0.25, 0.3) is 0 Å². The van der Waals surface area contributed by atoms with Crippen LogP contribution in [0.3, 0.4) is 0 Å². The van der Waals surface area contributed by atoms with E-state index < -0.39 is 0 Å². The first-order chi connectivity index (χ1) is 14.3. The summed E-state index contributed by atoms with van der Waals surface area (Å²) in [4.78, 5) is 16.7. The highest BCUT2D eigenvalue weighted by Gasteiger charge is 2.21. The number of aliphatic imine (C=N–C) groups is 1. The number of para-hydroxylation sites is 1. The Hall–Kier alpha value is -2.44. The molecule has 7 heteroatoms. The molecule has 0 unspecified atom stereocenters. The normalized spacial score (nSPS) is 15.0. The molecule has 0 heterocycles. The smallest absolute Gasteiger partial charge is 0.225 e. The van der Waals surface area contributed by atoms with Gasteiger partial charge >= 0.3 is 0 Å². The van der Waals surface area contributed by atoms with Crippen LogP contribution < -0.4 is 25.4 Å². The maximum absolute atomic E-state index is 12.0. The number of nitrogens with one attached hydrogen (secondary N) is 3. The van der Waals surface area contributed by atoms with Crippen LogP contribution in [0.1, 0.15) is 58.9 Å². The molecular formula is C23H38N4O3. The molecule has 0 aromatic heterocycles. The van der Waals surface area contributed by atoms with E-state index in [2.05, 4.69) is 16.0 Å². The second kappa shape index (κ2) is 11.7. The van der Waals surface area contributed by atoms with Crippen LogP contribution in [0.5, 0.6) is 11.5 Å². The van der Waals surface area contributed by atoms with Crippen molar-refractivity contribution in [2.24, 2.45) is 10.4 Å². The fourth-order valence-corrected chi connectivity index (χ4v) is 3.28. The van der Waals surface area contributed by atoms with E-state index in [0.29, 0.717) is 25.6 Å². The molecule has 1 fully saturated rings. The summed E-state index contributed by atoms with van der Waals surface area (Å²) >= 11 is 0. The molecule has 1 saturated carbocycles. The summed E-state index contributed by atoms with van der Waals surface area (Å²) in [5.41, 5.74) is 0.611. The second-order valence-corrected chi connectivity index (χ2v) is 8.60. The SMILES string of the molecule is CCNC(=NCc1cccc(OC)c1OC1CCCC1)NCCNC(=O)C(C)(C)C. The van der Waals surface area contributed by atoms with E-state index in [0.717, 1.165) is 36.4 Å². The number of ether oxygens (including phenoxy) is 2. The van der Waals surface area contributed by atoms with E-state index >= 15 is 0 Å². The number of hydrogen-bond acceptors (Lipinski definition) is 4. The summed E-state index contributed by atoms with van der Waals surface area (Å²) in [7, 11) is 1.67. The summed E-state index contributed by atoms with van der Waals surface area (Å²) in [6, 6.07) is 5.93. The average Bonchev–Trinajstić information content (AvgIpc) is 3.22. The van der Waals surface area contributed by atoms with Crippen LogP contribution in [0.15, 0.2) is 23.2 Å². The Balaban J connectivity index is 2.00. The van der Waals surface area contributed by atoms with Crippen LogP contribution >= 0.6 is 0 Å². The Morgan fingerprint density at radius 2 is 1.83 bits per heavy atom. The summed E-state index contributed by atoms with van der Waals surface area (Å²) in [6.45, 7) is 10.1. The molecule has 0 radical (unpaired) electrons. The van der Waals surface area contributed by atoms with Crippen LogP contribution in [0.25, 0.3) is 0 Å². The van der Waals surface area contributed by atoms with Gasteiger partial charge < -0.3 is 25.4 Å². The van der Waals surface area contributed by atoms with Gasteiger partial charge in [-0.25, -0.2) is 4.99 Å². The van der Waals surface area contributed by atoms with Crippen molar-refractivity contribution < 1.29 is 14.3 Å². The maximum Gasteiger partial charge on any atom is 0.225 e. The van der Waals surface area contributed by atoms with E-state index in [1.54, 1.807) is 7.11 Å². The van der Waals surface area contributed by atoms with Gasteiger partial charge in [-0.3, -0.25) is 4.79 Å². The summed E-state index contributed by atoms with van der Waals surface area (Å²) in [5, 5.41) is 9.46. The van der Waals surface area contributed by atoms with Gasteiger partial charge in [0, 0.05) is 30.6 Å². The molecule has 168 valence electrons. The number of rotatable bonds is 9. The Kier molecular flexibility index (Phi) is 9.27. The largest absolute Gasteiger partial charge is 0.493 e. The molecule has 30 heavy (non-hydrogen) atoms. The zero-order valence-corrected chi connectivity index (χ0v) is 19.1. The molecule has 0 atom stereocenters. The number of benzene rings is 1. The standard InChI is InChI=1S/C23H38N4O3/c1-6-24-22(26-15-14-25-21(28)23(2,3)4)27-16-17-10-9-13-19(29-5)20(17)30-18-11-7-8-12-18/h9-10,13,18H,6-8,11-12,14-16H2,1-5H3,(H,25,28)(H2,24,26,27). The van der Waals surface area contributed by atoms with Crippen molar-refractivity contribution in [1.29, 1.82) is 0 Å². The number of carbonyl (C=O) groups is 1. The Morgan fingerprint density at radius 3 is 2.47 bits per heavy atom. The first-order valence-electron chi connectivity index (χ1n) is 11.0. The van der Waals surface area contributed by atoms with Gasteiger partial charge in [0.2, 0.25) is 5.91 Å². The average molecular weight is 419 g/mol. The van der Waals surface area contributed by atoms with Crippen molar-refractivity contribution in [2.45, 2.75) is 66.0 Å². The van der Waals surface area contributed by atoms with Crippen LogP contribution in [0, 0.1) is 5.41 Å². The van der Waals surface area contributed by atoms with Crippen LogP contribution in [0.2, 0.25) is 0 Å². The first-order valence-corrected chi connectivity index (χ1v) is 11.0. The highest BCUT2D eigenvalue weighted by molar-refractivity contribution is 5.82. The first kappa shape index (κ1) is 23.8. The van der Waals surface area contributed by atoms with Crippen molar-refractivity contribution in [3.8, 4) is 11.5 Å². The zero-order chi connectivity index (χ0) is 22.0. The van der Waals surface area contributed by atoms with E-state index in [1.807, 2.05) is 45.9 Å². The lowest BCUT2D eigenvalue weighted by molar-refractivity contribution is -0.128. The lowest BCUT2D eigenvalue weighted by atomic mass is 9.96. The summed E-state index contributed by atoms with van der Waals surface area (Å²) in [6.07, 6.45) is 4.86. The van der Waals surface area contributed by atoms with Crippen molar-refractivity contribution >= 4 is 11.9 Å². The quantitative estimate of drug-likeness (QED) is 0.326. The van der Waals surface area contributed by atoms with Crippen molar-refractivity contribution in [3.63, 3.8) is 0 Å². The van der Waals surface area contributed by atoms with Crippen molar-refractivity contribution in [3.05, 3.63) is 23.8 Å². The maximum atomic E-state index is 12.0. The molecular weight excluding hydrogens is 380 g/mol. The molecule has 3 N–H and O–H groups in total. The zero-order valence-electron chi connectivity index (χ0n) is 19.1. The van der Waals surface area contributed by atoms with E-state index in [-0.39, 0.29) is 17.4 Å². The minimum Gasteiger partial charge on any atom is -0.493 e. The monoisotopic (exact) mass is 418 g/mol. The minimum absolute atomic E-state index is 0.0383. The number of hydrogen-bond donors (Lipinski definition) is 3. The Bertz CT molecular complexity index is 707. The number of guanidine groups is 1. The third kappa shape index (κ3) is 7.43. The van der Waals surface area contributed by atoms with Crippen LogP contribution in [0.4, 0.5) is 0 Å². The van der Waals surface area contributed by atoms with Gasteiger partial charge in [-0.15, -0.1) is 0 Å². The highest BCUT2D eigenvalue weighted by Crippen LogP contribution is 2.35. The molecule has 1 aliphatic carbocycles.